The Balaban J connectivity index is 1.19. The van der Waals surface area contributed by atoms with Crippen LogP contribution in [0.3, 0.4) is 0 Å². The van der Waals surface area contributed by atoms with Crippen molar-refractivity contribution in [3.05, 3.63) is 118 Å². The van der Waals surface area contributed by atoms with Gasteiger partial charge in [-0.15, -0.1) is 0 Å². The molecule has 0 saturated carbocycles. The molecule has 0 fully saturated rings. The molecule has 0 aliphatic carbocycles. The van der Waals surface area contributed by atoms with Crippen LogP contribution in [0.2, 0.25) is 5.02 Å². The fourth-order valence-corrected chi connectivity index (χ4v) is 4.15. The summed E-state index contributed by atoms with van der Waals surface area (Å²) in [6.07, 6.45) is 0. The average Bonchev–Trinajstić information content (AvgIpc) is 3.32. The predicted molar refractivity (Wildman–Crippen MR) is 140 cm³/mol. The quantitative estimate of drug-likeness (QED) is 0.263. The number of benzene rings is 4. The van der Waals surface area contributed by atoms with E-state index in [-0.39, 0.29) is 5.91 Å². The lowest BCUT2D eigenvalue weighted by Crippen LogP contribution is -2.11. The van der Waals surface area contributed by atoms with E-state index in [2.05, 4.69) is 10.3 Å². The molecular weight excluding hydrogens is 476 g/mol. The van der Waals surface area contributed by atoms with E-state index in [1.54, 1.807) is 66.7 Å². The molecule has 36 heavy (non-hydrogen) atoms. The van der Waals surface area contributed by atoms with E-state index in [0.29, 0.717) is 50.0 Å². The van der Waals surface area contributed by atoms with Crippen LogP contribution in [-0.4, -0.2) is 10.9 Å². The van der Waals surface area contributed by atoms with Crippen molar-refractivity contribution in [1.82, 2.24) is 4.98 Å². The highest BCUT2D eigenvalue weighted by atomic mass is 35.5. The third kappa shape index (κ3) is 4.15. The number of hydrogen-bond donors (Lipinski definition) is 1. The highest BCUT2D eigenvalue weighted by Gasteiger charge is 2.12. The number of para-hydroxylation sites is 1. The summed E-state index contributed by atoms with van der Waals surface area (Å²) in [4.78, 5) is 29.7. The summed E-state index contributed by atoms with van der Waals surface area (Å²) in [6, 6.07) is 28.4. The molecule has 0 atom stereocenters. The lowest BCUT2D eigenvalue weighted by atomic mass is 10.0. The van der Waals surface area contributed by atoms with Crippen LogP contribution in [0, 0.1) is 0 Å². The Labute approximate surface area is 209 Å². The Morgan fingerprint density at radius 3 is 2.33 bits per heavy atom. The normalized spacial score (nSPS) is 11.1. The SMILES string of the molecule is O=C(Nc1ccc(-c2nc3cc(Cl)ccc3o2)cc1)c1ccc(-c2cc3ccccc3oc2=O)cc1. The van der Waals surface area contributed by atoms with Gasteiger partial charge in [-0.05, 0) is 72.3 Å². The van der Waals surface area contributed by atoms with E-state index < -0.39 is 5.63 Å². The second-order valence-electron chi connectivity index (χ2n) is 8.23. The molecule has 0 aliphatic heterocycles. The highest BCUT2D eigenvalue weighted by Crippen LogP contribution is 2.27. The number of nitrogens with one attached hydrogen (secondary N) is 1. The van der Waals surface area contributed by atoms with Gasteiger partial charge in [0, 0.05) is 27.2 Å². The summed E-state index contributed by atoms with van der Waals surface area (Å²) in [7, 11) is 0. The van der Waals surface area contributed by atoms with Gasteiger partial charge in [0.2, 0.25) is 5.89 Å². The van der Waals surface area contributed by atoms with Crippen molar-refractivity contribution >= 4 is 45.3 Å². The molecule has 1 N–H and O–H groups in total. The van der Waals surface area contributed by atoms with Crippen LogP contribution in [0.1, 0.15) is 10.4 Å². The van der Waals surface area contributed by atoms with E-state index in [0.717, 1.165) is 10.9 Å². The van der Waals surface area contributed by atoms with Crippen molar-refractivity contribution in [3.63, 3.8) is 0 Å². The number of oxazole rings is 1. The van der Waals surface area contributed by atoms with Crippen molar-refractivity contribution in [3.8, 4) is 22.6 Å². The van der Waals surface area contributed by atoms with Crippen LogP contribution in [0.15, 0.2) is 111 Å². The fraction of sp³-hybridized carbons (Fsp3) is 0. The van der Waals surface area contributed by atoms with E-state index in [9.17, 15) is 9.59 Å². The molecule has 0 saturated heterocycles. The molecular formula is C29H17ClN2O4. The van der Waals surface area contributed by atoms with Gasteiger partial charge in [-0.3, -0.25) is 4.79 Å². The van der Waals surface area contributed by atoms with Gasteiger partial charge in [-0.1, -0.05) is 41.9 Å². The molecule has 0 aliphatic rings. The summed E-state index contributed by atoms with van der Waals surface area (Å²) in [5, 5.41) is 4.30. The lowest BCUT2D eigenvalue weighted by Gasteiger charge is -2.07. The zero-order valence-corrected chi connectivity index (χ0v) is 19.5. The van der Waals surface area contributed by atoms with Gasteiger partial charge in [0.05, 0.1) is 5.56 Å². The maximum absolute atomic E-state index is 12.8. The number of fused-ring (bicyclic) bond motifs is 2. The number of amides is 1. The number of rotatable bonds is 4. The van der Waals surface area contributed by atoms with Crippen molar-refractivity contribution in [2.75, 3.05) is 5.32 Å². The summed E-state index contributed by atoms with van der Waals surface area (Å²) in [5.41, 5.74) is 4.43. The van der Waals surface area contributed by atoms with Gasteiger partial charge in [0.15, 0.2) is 5.58 Å². The van der Waals surface area contributed by atoms with Crippen LogP contribution in [0.25, 0.3) is 44.7 Å². The standard InChI is InChI=1S/C29H17ClN2O4/c30-21-11-14-26-24(16-21)32-28(35-26)19-9-12-22(13-10-19)31-27(33)18-7-5-17(6-8-18)23-15-20-3-1-2-4-25(20)36-29(23)34/h1-16H,(H,31,33). The number of hydrogen-bond acceptors (Lipinski definition) is 5. The Bertz CT molecular complexity index is 1800. The molecule has 6 nitrogen and oxygen atoms in total. The van der Waals surface area contributed by atoms with Crippen molar-refractivity contribution in [1.29, 1.82) is 0 Å². The predicted octanol–water partition coefficient (Wildman–Crippen LogP) is 7.17. The fourth-order valence-electron chi connectivity index (χ4n) is 3.99. The van der Waals surface area contributed by atoms with Crippen molar-refractivity contribution in [2.45, 2.75) is 0 Å². The Hall–Kier alpha value is -4.68. The number of carbonyl (C=O) groups is 1. The molecule has 6 aromatic rings. The molecule has 7 heteroatoms. The molecule has 2 aromatic heterocycles. The number of halogens is 1. The van der Waals surface area contributed by atoms with E-state index in [1.807, 2.05) is 30.3 Å². The largest absolute Gasteiger partial charge is 0.436 e. The highest BCUT2D eigenvalue weighted by molar-refractivity contribution is 6.31. The molecule has 0 unspecified atom stereocenters. The second kappa shape index (κ2) is 8.83. The van der Waals surface area contributed by atoms with Crippen LogP contribution >= 0.6 is 11.6 Å². The second-order valence-corrected chi connectivity index (χ2v) is 8.66. The van der Waals surface area contributed by atoms with E-state index in [1.165, 1.54) is 0 Å². The van der Waals surface area contributed by atoms with E-state index in [4.69, 9.17) is 20.4 Å². The molecule has 0 spiro atoms. The van der Waals surface area contributed by atoms with Gasteiger partial charge in [0.1, 0.15) is 11.1 Å². The first kappa shape index (κ1) is 21.8. The Morgan fingerprint density at radius 1 is 0.778 bits per heavy atom. The average molecular weight is 493 g/mol. The summed E-state index contributed by atoms with van der Waals surface area (Å²) in [6.45, 7) is 0. The molecule has 6 rings (SSSR count). The topological polar surface area (TPSA) is 85.3 Å². The number of aromatic nitrogens is 1. The first-order valence-electron chi connectivity index (χ1n) is 11.1. The first-order valence-corrected chi connectivity index (χ1v) is 11.5. The molecule has 4 aromatic carbocycles. The molecule has 0 radical (unpaired) electrons. The smallest absolute Gasteiger partial charge is 0.344 e. The Morgan fingerprint density at radius 2 is 1.53 bits per heavy atom. The minimum Gasteiger partial charge on any atom is -0.436 e. The Kier molecular flexibility index (Phi) is 5.36. The molecule has 174 valence electrons. The maximum Gasteiger partial charge on any atom is 0.344 e. The number of anilines is 1. The van der Waals surface area contributed by atoms with Crippen molar-refractivity contribution in [2.24, 2.45) is 0 Å². The van der Waals surface area contributed by atoms with E-state index >= 15 is 0 Å². The summed E-state index contributed by atoms with van der Waals surface area (Å²) >= 11 is 6.02. The van der Waals surface area contributed by atoms with Crippen LogP contribution in [0.4, 0.5) is 5.69 Å². The first-order chi connectivity index (χ1) is 17.5. The van der Waals surface area contributed by atoms with Gasteiger partial charge in [0.25, 0.3) is 5.91 Å². The minimum atomic E-state index is -0.423. The van der Waals surface area contributed by atoms with Gasteiger partial charge < -0.3 is 14.2 Å². The summed E-state index contributed by atoms with van der Waals surface area (Å²) < 4.78 is 11.2. The van der Waals surface area contributed by atoms with Gasteiger partial charge in [-0.2, -0.15) is 0 Å². The molecule has 1 amide bonds. The monoisotopic (exact) mass is 492 g/mol. The lowest BCUT2D eigenvalue weighted by molar-refractivity contribution is 0.102. The van der Waals surface area contributed by atoms with Gasteiger partial charge >= 0.3 is 5.63 Å². The molecule has 2 heterocycles. The summed E-state index contributed by atoms with van der Waals surface area (Å²) in [5.74, 6) is 0.204. The van der Waals surface area contributed by atoms with Crippen molar-refractivity contribution < 1.29 is 13.6 Å². The molecule has 0 bridgehead atoms. The third-order valence-electron chi connectivity index (χ3n) is 5.84. The van der Waals surface area contributed by atoms with Crippen LogP contribution in [0.5, 0.6) is 0 Å². The number of carbonyl (C=O) groups excluding carboxylic acids is 1. The number of nitrogens with zero attached hydrogens (tertiary/aromatic N) is 1. The zero-order valence-electron chi connectivity index (χ0n) is 18.7. The minimum absolute atomic E-state index is 0.267. The van der Waals surface area contributed by atoms with Gasteiger partial charge in [-0.25, -0.2) is 9.78 Å². The van der Waals surface area contributed by atoms with Crippen LogP contribution in [-0.2, 0) is 0 Å². The zero-order chi connectivity index (χ0) is 24.6. The van der Waals surface area contributed by atoms with Crippen LogP contribution < -0.4 is 10.9 Å². The third-order valence-corrected chi connectivity index (χ3v) is 6.07. The maximum atomic E-state index is 12.8.